The number of carbonyl (C=O) groups is 1. The molecule has 0 unspecified atom stereocenters. The lowest BCUT2D eigenvalue weighted by Crippen LogP contribution is -1.96. The van der Waals surface area contributed by atoms with Crippen LogP contribution in [0.15, 0.2) is 18.2 Å². The molecule has 0 saturated heterocycles. The number of carboxylic acid groups (broad SMARTS) is 1. The summed E-state index contributed by atoms with van der Waals surface area (Å²) in [7, 11) is 0. The van der Waals surface area contributed by atoms with Crippen molar-refractivity contribution in [2.75, 3.05) is 0 Å². The van der Waals surface area contributed by atoms with Crippen LogP contribution in [0.25, 0.3) is 0 Å². The molecule has 2 nitrogen and oxygen atoms in total. The number of hydrogen-bond donors (Lipinski definition) is 1. The molecule has 3 heteroatoms. The first-order valence-electron chi connectivity index (χ1n) is 4.56. The standard InChI is InChI=1S/C11H13ClO2/c1-8-7-9(5-6-10(8)12)3-2-4-11(13)14/h5-7H,2-4H2,1H3,(H,13,14). The maximum absolute atomic E-state index is 10.3. The summed E-state index contributed by atoms with van der Waals surface area (Å²) in [6.45, 7) is 1.95. The van der Waals surface area contributed by atoms with E-state index in [-0.39, 0.29) is 6.42 Å². The predicted molar refractivity (Wildman–Crippen MR) is 56.8 cm³/mol. The molecule has 1 N–H and O–H groups in total. The van der Waals surface area contributed by atoms with Crippen LogP contribution in [0.1, 0.15) is 24.0 Å². The minimum atomic E-state index is -0.740. The van der Waals surface area contributed by atoms with Gasteiger partial charge in [0.25, 0.3) is 0 Å². The summed E-state index contributed by atoms with van der Waals surface area (Å²) in [5, 5.41) is 9.23. The fourth-order valence-corrected chi connectivity index (χ4v) is 1.42. The van der Waals surface area contributed by atoms with E-state index in [2.05, 4.69) is 0 Å². The molecule has 1 aromatic rings. The number of halogens is 1. The molecule has 0 aliphatic rings. The average Bonchev–Trinajstić information content (AvgIpc) is 2.10. The van der Waals surface area contributed by atoms with Gasteiger partial charge in [-0.15, -0.1) is 0 Å². The first kappa shape index (κ1) is 11.1. The van der Waals surface area contributed by atoms with E-state index in [1.54, 1.807) is 0 Å². The summed E-state index contributed by atoms with van der Waals surface area (Å²) >= 11 is 5.87. The Bertz CT molecular complexity index is 334. The predicted octanol–water partition coefficient (Wildman–Crippen LogP) is 3.06. The maximum atomic E-state index is 10.3. The van der Waals surface area contributed by atoms with Crippen molar-refractivity contribution in [3.63, 3.8) is 0 Å². The Morgan fingerprint density at radius 2 is 2.21 bits per heavy atom. The van der Waals surface area contributed by atoms with E-state index in [1.165, 1.54) is 0 Å². The van der Waals surface area contributed by atoms with Crippen LogP contribution in [0, 0.1) is 6.92 Å². The van der Waals surface area contributed by atoms with Crippen LogP contribution in [0.4, 0.5) is 0 Å². The second-order valence-corrected chi connectivity index (χ2v) is 3.74. The van der Waals surface area contributed by atoms with Crippen LogP contribution in [0.2, 0.25) is 5.02 Å². The van der Waals surface area contributed by atoms with Gasteiger partial charge in [0.15, 0.2) is 0 Å². The van der Waals surface area contributed by atoms with Gasteiger partial charge in [-0.05, 0) is 37.0 Å². The molecule has 0 amide bonds. The molecule has 14 heavy (non-hydrogen) atoms. The molecule has 0 saturated carbocycles. The Morgan fingerprint density at radius 1 is 1.50 bits per heavy atom. The van der Waals surface area contributed by atoms with Gasteiger partial charge < -0.3 is 5.11 Å². The van der Waals surface area contributed by atoms with Crippen molar-refractivity contribution in [3.05, 3.63) is 34.3 Å². The van der Waals surface area contributed by atoms with Crippen LogP contribution in [0.3, 0.4) is 0 Å². The molecule has 0 heterocycles. The SMILES string of the molecule is Cc1cc(CCCC(=O)O)ccc1Cl. The Hall–Kier alpha value is -1.02. The number of aliphatic carboxylic acids is 1. The fourth-order valence-electron chi connectivity index (χ4n) is 1.31. The summed E-state index contributed by atoms with van der Waals surface area (Å²) in [6, 6.07) is 5.80. The van der Waals surface area contributed by atoms with Gasteiger partial charge in [-0.25, -0.2) is 0 Å². The number of rotatable bonds is 4. The second-order valence-electron chi connectivity index (χ2n) is 3.33. The largest absolute Gasteiger partial charge is 0.481 e. The molecule has 0 aliphatic carbocycles. The molecule has 0 spiro atoms. The highest BCUT2D eigenvalue weighted by Crippen LogP contribution is 2.17. The van der Waals surface area contributed by atoms with E-state index in [9.17, 15) is 4.79 Å². The summed E-state index contributed by atoms with van der Waals surface area (Å²) < 4.78 is 0. The average molecular weight is 213 g/mol. The van der Waals surface area contributed by atoms with Gasteiger partial charge in [0.2, 0.25) is 0 Å². The lowest BCUT2D eigenvalue weighted by molar-refractivity contribution is -0.137. The van der Waals surface area contributed by atoms with Crippen molar-refractivity contribution < 1.29 is 9.90 Å². The quantitative estimate of drug-likeness (QED) is 0.833. The number of benzene rings is 1. The minimum Gasteiger partial charge on any atom is -0.481 e. The van der Waals surface area contributed by atoms with Gasteiger partial charge in [0.1, 0.15) is 0 Å². The lowest BCUT2D eigenvalue weighted by atomic mass is 10.1. The van der Waals surface area contributed by atoms with Crippen LogP contribution < -0.4 is 0 Å². The number of aryl methyl sites for hydroxylation is 2. The zero-order chi connectivity index (χ0) is 10.6. The highest BCUT2D eigenvalue weighted by atomic mass is 35.5. The monoisotopic (exact) mass is 212 g/mol. The third-order valence-corrected chi connectivity index (χ3v) is 2.50. The van der Waals surface area contributed by atoms with Crippen molar-refractivity contribution in [1.82, 2.24) is 0 Å². The second kappa shape index (κ2) is 5.01. The van der Waals surface area contributed by atoms with Crippen molar-refractivity contribution in [2.24, 2.45) is 0 Å². The van der Waals surface area contributed by atoms with E-state index in [1.807, 2.05) is 25.1 Å². The zero-order valence-corrected chi connectivity index (χ0v) is 8.84. The van der Waals surface area contributed by atoms with Crippen molar-refractivity contribution in [2.45, 2.75) is 26.2 Å². The number of hydrogen-bond acceptors (Lipinski definition) is 1. The maximum Gasteiger partial charge on any atom is 0.303 e. The Kier molecular flexibility index (Phi) is 3.96. The Balaban J connectivity index is 2.51. The molecule has 0 aromatic heterocycles. The zero-order valence-electron chi connectivity index (χ0n) is 8.09. The number of carboxylic acids is 1. The third-order valence-electron chi connectivity index (χ3n) is 2.08. The topological polar surface area (TPSA) is 37.3 Å². The van der Waals surface area contributed by atoms with Crippen LogP contribution in [0.5, 0.6) is 0 Å². The van der Waals surface area contributed by atoms with Crippen LogP contribution in [-0.2, 0) is 11.2 Å². The molecule has 0 aliphatic heterocycles. The highest BCUT2D eigenvalue weighted by molar-refractivity contribution is 6.31. The van der Waals surface area contributed by atoms with Gasteiger partial charge >= 0.3 is 5.97 Å². The lowest BCUT2D eigenvalue weighted by Gasteiger charge is -2.02. The molecule has 1 aromatic carbocycles. The van der Waals surface area contributed by atoms with Crippen LogP contribution in [-0.4, -0.2) is 11.1 Å². The van der Waals surface area contributed by atoms with Crippen molar-refractivity contribution in [3.8, 4) is 0 Å². The molecule has 0 atom stereocenters. The Labute approximate surface area is 88.5 Å². The molecule has 0 bridgehead atoms. The summed E-state index contributed by atoms with van der Waals surface area (Å²) in [4.78, 5) is 10.3. The van der Waals surface area contributed by atoms with E-state index in [0.29, 0.717) is 6.42 Å². The van der Waals surface area contributed by atoms with Gasteiger partial charge in [0, 0.05) is 11.4 Å². The third kappa shape index (κ3) is 3.38. The fraction of sp³-hybridized carbons (Fsp3) is 0.364. The molecule has 0 radical (unpaired) electrons. The van der Waals surface area contributed by atoms with Crippen molar-refractivity contribution in [1.29, 1.82) is 0 Å². The van der Waals surface area contributed by atoms with Crippen molar-refractivity contribution >= 4 is 17.6 Å². The molecule has 0 fully saturated rings. The van der Waals surface area contributed by atoms with Gasteiger partial charge in [-0.3, -0.25) is 4.79 Å². The van der Waals surface area contributed by atoms with E-state index in [4.69, 9.17) is 16.7 Å². The summed E-state index contributed by atoms with van der Waals surface area (Å²) in [5.74, 6) is -0.740. The van der Waals surface area contributed by atoms with Gasteiger partial charge in [0.05, 0.1) is 0 Å². The molecular formula is C11H13ClO2. The van der Waals surface area contributed by atoms with E-state index < -0.39 is 5.97 Å². The minimum absolute atomic E-state index is 0.224. The summed E-state index contributed by atoms with van der Waals surface area (Å²) in [6.07, 6.45) is 1.70. The molecular weight excluding hydrogens is 200 g/mol. The van der Waals surface area contributed by atoms with Crippen LogP contribution >= 0.6 is 11.6 Å². The van der Waals surface area contributed by atoms with E-state index >= 15 is 0 Å². The molecule has 76 valence electrons. The normalized spacial score (nSPS) is 10.1. The van der Waals surface area contributed by atoms with E-state index in [0.717, 1.165) is 22.6 Å². The van der Waals surface area contributed by atoms with Gasteiger partial charge in [-0.1, -0.05) is 23.7 Å². The Morgan fingerprint density at radius 3 is 2.79 bits per heavy atom. The smallest absolute Gasteiger partial charge is 0.303 e. The first-order chi connectivity index (χ1) is 6.59. The highest BCUT2D eigenvalue weighted by Gasteiger charge is 2.00. The summed E-state index contributed by atoms with van der Waals surface area (Å²) in [5.41, 5.74) is 2.19. The molecule has 1 rings (SSSR count). The van der Waals surface area contributed by atoms with Gasteiger partial charge in [-0.2, -0.15) is 0 Å². The first-order valence-corrected chi connectivity index (χ1v) is 4.94.